The molecule has 0 atom stereocenters. The van der Waals surface area contributed by atoms with Crippen LogP contribution in [0.1, 0.15) is 31.2 Å². The molecule has 0 radical (unpaired) electrons. The molecule has 1 aromatic rings. The van der Waals surface area contributed by atoms with Crippen molar-refractivity contribution in [1.82, 2.24) is 10.2 Å². The van der Waals surface area contributed by atoms with Crippen molar-refractivity contribution in [1.29, 1.82) is 0 Å². The van der Waals surface area contributed by atoms with E-state index in [0.29, 0.717) is 12.1 Å². The van der Waals surface area contributed by atoms with Crippen LogP contribution in [0.5, 0.6) is 0 Å². The average molecular weight is 230 g/mol. The first-order valence-electron chi connectivity index (χ1n) is 6.44. The lowest BCUT2D eigenvalue weighted by atomic mass is 10.2. The van der Waals surface area contributed by atoms with E-state index < -0.39 is 0 Å². The first kappa shape index (κ1) is 10.6. The Morgan fingerprint density at radius 3 is 2.47 bits per heavy atom. The summed E-state index contributed by atoms with van der Waals surface area (Å²) in [6.07, 6.45) is 4.61. The van der Waals surface area contributed by atoms with Gasteiger partial charge in [0, 0.05) is 18.6 Å². The number of carbonyl (C=O) groups is 1. The van der Waals surface area contributed by atoms with Crippen molar-refractivity contribution in [2.24, 2.45) is 0 Å². The zero-order valence-corrected chi connectivity index (χ0v) is 9.93. The fourth-order valence-corrected chi connectivity index (χ4v) is 2.02. The topological polar surface area (TPSA) is 32.3 Å². The zero-order chi connectivity index (χ0) is 11.7. The fraction of sp³-hybridized carbons (Fsp3) is 0.500. The number of benzene rings is 1. The predicted octanol–water partition coefficient (Wildman–Crippen LogP) is 2.52. The lowest BCUT2D eigenvalue weighted by Gasteiger charge is -2.23. The Bertz CT molecular complexity index is 396. The molecule has 3 rings (SSSR count). The molecule has 0 aromatic heterocycles. The molecule has 0 spiro atoms. The normalized spacial score (nSPS) is 18.8. The van der Waals surface area contributed by atoms with E-state index in [0.717, 1.165) is 32.2 Å². The third-order valence-corrected chi connectivity index (χ3v) is 3.35. The lowest BCUT2D eigenvalue weighted by Crippen LogP contribution is -2.41. The van der Waals surface area contributed by atoms with Crippen molar-refractivity contribution in [3.63, 3.8) is 0 Å². The van der Waals surface area contributed by atoms with Crippen LogP contribution < -0.4 is 5.32 Å². The van der Waals surface area contributed by atoms with Crippen molar-refractivity contribution >= 4 is 6.03 Å². The Kier molecular flexibility index (Phi) is 2.75. The van der Waals surface area contributed by atoms with Crippen molar-refractivity contribution in [3.8, 4) is 0 Å². The Morgan fingerprint density at radius 1 is 1.18 bits per heavy atom. The second kappa shape index (κ2) is 4.40. The maximum absolute atomic E-state index is 12.1. The van der Waals surface area contributed by atoms with Crippen LogP contribution in [-0.2, 0) is 6.54 Å². The number of rotatable bonds is 4. The Balaban J connectivity index is 1.65. The summed E-state index contributed by atoms with van der Waals surface area (Å²) in [7, 11) is 0. The van der Waals surface area contributed by atoms with Crippen LogP contribution >= 0.6 is 0 Å². The molecular formula is C14H18N2O. The summed E-state index contributed by atoms with van der Waals surface area (Å²) in [5.74, 6) is 0. The van der Waals surface area contributed by atoms with E-state index in [4.69, 9.17) is 0 Å². The van der Waals surface area contributed by atoms with Crippen molar-refractivity contribution in [2.75, 3.05) is 0 Å². The largest absolute Gasteiger partial charge is 0.335 e. The van der Waals surface area contributed by atoms with Crippen LogP contribution in [0.25, 0.3) is 0 Å². The molecule has 2 saturated carbocycles. The molecule has 1 N–H and O–H groups in total. The van der Waals surface area contributed by atoms with Crippen molar-refractivity contribution in [2.45, 2.75) is 44.3 Å². The van der Waals surface area contributed by atoms with E-state index in [-0.39, 0.29) is 6.03 Å². The van der Waals surface area contributed by atoms with E-state index in [1.165, 1.54) is 5.56 Å². The number of hydrogen-bond donors (Lipinski definition) is 1. The predicted molar refractivity (Wildman–Crippen MR) is 66.6 cm³/mol. The molecular weight excluding hydrogens is 212 g/mol. The van der Waals surface area contributed by atoms with Gasteiger partial charge in [-0.1, -0.05) is 30.3 Å². The van der Waals surface area contributed by atoms with Gasteiger partial charge in [-0.15, -0.1) is 0 Å². The van der Waals surface area contributed by atoms with Gasteiger partial charge in [0.25, 0.3) is 0 Å². The molecule has 1 aromatic carbocycles. The highest BCUT2D eigenvalue weighted by Gasteiger charge is 2.34. The summed E-state index contributed by atoms with van der Waals surface area (Å²) in [6, 6.07) is 11.3. The van der Waals surface area contributed by atoms with Gasteiger partial charge in [-0.05, 0) is 31.2 Å². The molecule has 0 saturated heterocycles. The van der Waals surface area contributed by atoms with Crippen LogP contribution in [0.2, 0.25) is 0 Å². The summed E-state index contributed by atoms with van der Waals surface area (Å²) in [6.45, 7) is 0.740. The third kappa shape index (κ3) is 2.78. The summed E-state index contributed by atoms with van der Waals surface area (Å²) >= 11 is 0. The summed E-state index contributed by atoms with van der Waals surface area (Å²) in [4.78, 5) is 14.1. The second-order valence-corrected chi connectivity index (χ2v) is 5.07. The fourth-order valence-electron chi connectivity index (χ4n) is 2.02. The summed E-state index contributed by atoms with van der Waals surface area (Å²) < 4.78 is 0. The van der Waals surface area contributed by atoms with Gasteiger partial charge in [-0.2, -0.15) is 0 Å². The van der Waals surface area contributed by atoms with E-state index in [1.807, 2.05) is 23.1 Å². The second-order valence-electron chi connectivity index (χ2n) is 5.07. The maximum Gasteiger partial charge on any atom is 0.318 e. The third-order valence-electron chi connectivity index (χ3n) is 3.35. The smallest absolute Gasteiger partial charge is 0.318 e. The molecule has 0 heterocycles. The molecule has 2 aliphatic carbocycles. The molecule has 17 heavy (non-hydrogen) atoms. The van der Waals surface area contributed by atoms with Gasteiger partial charge >= 0.3 is 6.03 Å². The zero-order valence-electron chi connectivity index (χ0n) is 9.93. The minimum atomic E-state index is 0.124. The highest BCUT2D eigenvalue weighted by molar-refractivity contribution is 5.75. The average Bonchev–Trinajstić information content (AvgIpc) is 3.21. The molecule has 0 aliphatic heterocycles. The van der Waals surface area contributed by atoms with Crippen LogP contribution in [-0.4, -0.2) is 23.0 Å². The number of carbonyl (C=O) groups excluding carboxylic acids is 1. The molecule has 2 fully saturated rings. The molecule has 2 amide bonds. The standard InChI is InChI=1S/C14H18N2O/c17-14(15-12-6-7-12)16(13-8-9-13)10-11-4-2-1-3-5-11/h1-5,12-13H,6-10H2,(H,15,17). The van der Waals surface area contributed by atoms with Crippen molar-refractivity contribution < 1.29 is 4.79 Å². The number of nitrogens with one attached hydrogen (secondary N) is 1. The lowest BCUT2D eigenvalue weighted by molar-refractivity contribution is 0.191. The van der Waals surface area contributed by atoms with Crippen LogP contribution in [0.3, 0.4) is 0 Å². The van der Waals surface area contributed by atoms with E-state index in [1.54, 1.807) is 0 Å². The first-order chi connectivity index (χ1) is 8.33. The summed E-state index contributed by atoms with van der Waals surface area (Å²) in [5.41, 5.74) is 1.21. The molecule has 90 valence electrons. The monoisotopic (exact) mass is 230 g/mol. The minimum Gasteiger partial charge on any atom is -0.335 e. The molecule has 0 unspecified atom stereocenters. The van der Waals surface area contributed by atoms with E-state index >= 15 is 0 Å². The molecule has 3 nitrogen and oxygen atoms in total. The van der Waals surface area contributed by atoms with Gasteiger partial charge in [-0.3, -0.25) is 0 Å². The summed E-state index contributed by atoms with van der Waals surface area (Å²) in [5, 5.41) is 3.08. The van der Waals surface area contributed by atoms with Crippen molar-refractivity contribution in [3.05, 3.63) is 35.9 Å². The Labute approximate surface area is 102 Å². The molecule has 3 heteroatoms. The number of nitrogens with zero attached hydrogens (tertiary/aromatic N) is 1. The van der Waals surface area contributed by atoms with Crippen LogP contribution in [0, 0.1) is 0 Å². The maximum atomic E-state index is 12.1. The van der Waals surface area contributed by atoms with Crippen LogP contribution in [0.4, 0.5) is 4.79 Å². The first-order valence-corrected chi connectivity index (χ1v) is 6.44. The van der Waals surface area contributed by atoms with E-state index in [2.05, 4.69) is 17.4 Å². The van der Waals surface area contributed by atoms with Gasteiger partial charge in [0.15, 0.2) is 0 Å². The quantitative estimate of drug-likeness (QED) is 0.847. The van der Waals surface area contributed by atoms with Gasteiger partial charge < -0.3 is 10.2 Å². The van der Waals surface area contributed by atoms with Gasteiger partial charge in [0.2, 0.25) is 0 Å². The highest BCUT2D eigenvalue weighted by Crippen LogP contribution is 2.29. The Hall–Kier alpha value is -1.51. The van der Waals surface area contributed by atoms with Crippen LogP contribution in [0.15, 0.2) is 30.3 Å². The molecule has 2 aliphatic rings. The Morgan fingerprint density at radius 2 is 1.88 bits per heavy atom. The highest BCUT2D eigenvalue weighted by atomic mass is 16.2. The number of urea groups is 1. The van der Waals surface area contributed by atoms with Gasteiger partial charge in [0.1, 0.15) is 0 Å². The number of hydrogen-bond acceptors (Lipinski definition) is 1. The minimum absolute atomic E-state index is 0.124. The van der Waals surface area contributed by atoms with E-state index in [9.17, 15) is 4.79 Å². The van der Waals surface area contributed by atoms with Gasteiger partial charge in [0.05, 0.1) is 0 Å². The number of amides is 2. The SMILES string of the molecule is O=C(NC1CC1)N(Cc1ccccc1)C1CC1. The molecule has 0 bridgehead atoms. The van der Waals surface area contributed by atoms with Gasteiger partial charge in [-0.25, -0.2) is 4.79 Å².